The van der Waals surface area contributed by atoms with Crippen molar-refractivity contribution in [2.75, 3.05) is 61.7 Å². The molecule has 0 unspecified atom stereocenters. The van der Waals surface area contributed by atoms with Gasteiger partial charge in [0.25, 0.3) is 15.9 Å². The van der Waals surface area contributed by atoms with E-state index in [1.165, 1.54) is 27.8 Å². The molecule has 228 valence electrons. The number of thiazole rings is 1. The van der Waals surface area contributed by atoms with E-state index in [2.05, 4.69) is 4.90 Å². The Balaban J connectivity index is 0.00000368. The normalized spacial score (nSPS) is 15.2. The summed E-state index contributed by atoms with van der Waals surface area (Å²) in [5.41, 5.74) is 2.95. The number of carbonyl (C=O) groups is 1. The number of rotatable bonds is 10. The number of hydrogen-bond donors (Lipinski definition) is 0. The van der Waals surface area contributed by atoms with Crippen LogP contribution in [0.4, 0.5) is 10.8 Å². The fourth-order valence-electron chi connectivity index (χ4n) is 5.44. The lowest BCUT2D eigenvalue weighted by Crippen LogP contribution is -2.39. The molecule has 1 fully saturated rings. The van der Waals surface area contributed by atoms with Crippen LogP contribution in [-0.4, -0.2) is 76.8 Å². The van der Waals surface area contributed by atoms with E-state index in [0.717, 1.165) is 60.8 Å². The van der Waals surface area contributed by atoms with Gasteiger partial charge in [0.05, 0.1) is 40.6 Å². The van der Waals surface area contributed by atoms with E-state index in [0.29, 0.717) is 42.5 Å². The molecular formula is C31H35ClN4O5S2. The smallest absolute Gasteiger partial charge is 0.264 e. The molecule has 12 heteroatoms. The van der Waals surface area contributed by atoms with Crippen molar-refractivity contribution in [2.45, 2.75) is 24.7 Å². The van der Waals surface area contributed by atoms with Crippen LogP contribution in [0.2, 0.25) is 0 Å². The maximum absolute atomic E-state index is 13.9. The molecule has 0 spiro atoms. The van der Waals surface area contributed by atoms with Crippen LogP contribution in [0.1, 0.15) is 29.3 Å². The van der Waals surface area contributed by atoms with Crippen molar-refractivity contribution in [3.63, 3.8) is 0 Å². The van der Waals surface area contributed by atoms with Crippen molar-refractivity contribution in [3.05, 3.63) is 77.9 Å². The van der Waals surface area contributed by atoms with Gasteiger partial charge in [0, 0.05) is 38.3 Å². The number of benzene rings is 3. The van der Waals surface area contributed by atoms with Gasteiger partial charge < -0.3 is 9.47 Å². The van der Waals surface area contributed by atoms with Gasteiger partial charge in [-0.2, -0.15) is 0 Å². The summed E-state index contributed by atoms with van der Waals surface area (Å²) in [6.45, 7) is 7.46. The number of fused-ring (bicyclic) bond motifs is 2. The van der Waals surface area contributed by atoms with E-state index in [9.17, 15) is 13.2 Å². The molecular weight excluding hydrogens is 608 g/mol. The first-order valence-electron chi connectivity index (χ1n) is 14.3. The van der Waals surface area contributed by atoms with Crippen molar-refractivity contribution in [2.24, 2.45) is 0 Å². The Morgan fingerprint density at radius 2 is 1.81 bits per heavy atom. The maximum Gasteiger partial charge on any atom is 0.264 e. The quantitative estimate of drug-likeness (QED) is 0.234. The van der Waals surface area contributed by atoms with E-state index in [4.69, 9.17) is 14.5 Å². The maximum atomic E-state index is 13.9. The van der Waals surface area contributed by atoms with Crippen LogP contribution in [0, 0.1) is 0 Å². The minimum absolute atomic E-state index is 0. The van der Waals surface area contributed by atoms with Crippen LogP contribution < -0.4 is 13.9 Å². The third-order valence-corrected chi connectivity index (χ3v) is 10.5. The van der Waals surface area contributed by atoms with Gasteiger partial charge >= 0.3 is 0 Å². The van der Waals surface area contributed by atoms with E-state index >= 15 is 0 Å². The Morgan fingerprint density at radius 3 is 2.58 bits per heavy atom. The lowest BCUT2D eigenvalue weighted by molar-refractivity contribution is 0.0376. The SMILES string of the molecule is CCOc1ccc2nc(N(CCCN3CCOCC3)C(=O)c3ccc(S(=O)(=O)N4CCc5ccccc54)cc3)sc2c1.Cl. The molecule has 43 heavy (non-hydrogen) atoms. The first-order chi connectivity index (χ1) is 20.4. The molecule has 6 rings (SSSR count). The number of amides is 1. The van der Waals surface area contributed by atoms with Crippen molar-refractivity contribution in [1.82, 2.24) is 9.88 Å². The van der Waals surface area contributed by atoms with Gasteiger partial charge in [-0.1, -0.05) is 29.5 Å². The minimum atomic E-state index is -3.75. The van der Waals surface area contributed by atoms with Crippen molar-refractivity contribution in [1.29, 1.82) is 0 Å². The molecule has 0 radical (unpaired) electrons. The van der Waals surface area contributed by atoms with E-state index in [1.807, 2.05) is 49.4 Å². The zero-order valence-corrected chi connectivity index (χ0v) is 26.4. The summed E-state index contributed by atoms with van der Waals surface area (Å²) < 4.78 is 40.5. The number of hydrogen-bond acceptors (Lipinski definition) is 8. The topological polar surface area (TPSA) is 92.3 Å². The van der Waals surface area contributed by atoms with Crippen molar-refractivity contribution < 1.29 is 22.7 Å². The summed E-state index contributed by atoms with van der Waals surface area (Å²) in [6.07, 6.45) is 1.45. The van der Waals surface area contributed by atoms with E-state index in [-0.39, 0.29) is 23.2 Å². The lowest BCUT2D eigenvalue weighted by atomic mass is 10.2. The highest BCUT2D eigenvalue weighted by molar-refractivity contribution is 7.92. The number of para-hydroxylation sites is 1. The average molecular weight is 643 g/mol. The van der Waals surface area contributed by atoms with Gasteiger partial charge in [0.2, 0.25) is 0 Å². The molecule has 1 aromatic heterocycles. The fraction of sp³-hybridized carbons (Fsp3) is 0.355. The van der Waals surface area contributed by atoms with Gasteiger partial charge in [0.15, 0.2) is 5.13 Å². The minimum Gasteiger partial charge on any atom is -0.494 e. The summed E-state index contributed by atoms with van der Waals surface area (Å²) >= 11 is 1.45. The highest BCUT2D eigenvalue weighted by atomic mass is 35.5. The van der Waals surface area contributed by atoms with Gasteiger partial charge in [-0.25, -0.2) is 13.4 Å². The fourth-order valence-corrected chi connectivity index (χ4v) is 7.96. The number of nitrogens with zero attached hydrogens (tertiary/aromatic N) is 4. The molecule has 2 aliphatic rings. The van der Waals surface area contributed by atoms with Crippen LogP contribution in [0.25, 0.3) is 10.2 Å². The third-order valence-electron chi connectivity index (χ3n) is 7.63. The number of halogens is 1. The molecule has 2 aliphatic heterocycles. The van der Waals surface area contributed by atoms with E-state index in [1.54, 1.807) is 17.0 Å². The summed E-state index contributed by atoms with van der Waals surface area (Å²) in [5.74, 6) is 0.555. The molecule has 3 heterocycles. The van der Waals surface area contributed by atoms with Gasteiger partial charge in [-0.15, -0.1) is 12.4 Å². The second kappa shape index (κ2) is 13.6. The average Bonchev–Trinajstić information content (AvgIpc) is 3.64. The van der Waals surface area contributed by atoms with Crippen LogP contribution in [-0.2, 0) is 21.2 Å². The van der Waals surface area contributed by atoms with E-state index < -0.39 is 10.0 Å². The summed E-state index contributed by atoms with van der Waals surface area (Å²) in [6, 6.07) is 19.6. The number of carbonyl (C=O) groups excluding carboxylic acids is 1. The van der Waals surface area contributed by atoms with Crippen LogP contribution in [0.5, 0.6) is 5.75 Å². The van der Waals surface area contributed by atoms with Crippen LogP contribution in [0.15, 0.2) is 71.6 Å². The Morgan fingerprint density at radius 1 is 1.05 bits per heavy atom. The molecule has 1 saturated heterocycles. The first-order valence-corrected chi connectivity index (χ1v) is 16.6. The Hall–Kier alpha value is -3.22. The zero-order valence-electron chi connectivity index (χ0n) is 24.0. The Labute approximate surface area is 262 Å². The second-order valence-corrected chi connectivity index (χ2v) is 13.2. The first kappa shape index (κ1) is 31.2. The number of ether oxygens (including phenoxy) is 2. The molecule has 3 aromatic carbocycles. The Bertz CT molecular complexity index is 1670. The number of aromatic nitrogens is 1. The van der Waals surface area contributed by atoms with Crippen molar-refractivity contribution in [3.8, 4) is 5.75 Å². The number of anilines is 2. The predicted octanol–water partition coefficient (Wildman–Crippen LogP) is 5.24. The summed E-state index contributed by atoms with van der Waals surface area (Å²) in [4.78, 5) is 22.9. The van der Waals surface area contributed by atoms with Crippen molar-refractivity contribution >= 4 is 60.7 Å². The molecule has 0 atom stereocenters. The van der Waals surface area contributed by atoms with Gasteiger partial charge in [-0.05, 0) is 73.9 Å². The molecule has 9 nitrogen and oxygen atoms in total. The molecule has 4 aromatic rings. The largest absolute Gasteiger partial charge is 0.494 e. The van der Waals surface area contributed by atoms with Crippen LogP contribution >= 0.6 is 23.7 Å². The Kier molecular flexibility index (Phi) is 9.88. The standard InChI is InChI=1S/C31H34N4O5S2.ClH/c1-2-40-25-10-13-27-29(22-25)41-31(32-27)34(16-5-15-33-18-20-39-21-19-33)30(36)24-8-11-26(12-9-24)42(37,38)35-17-14-23-6-3-4-7-28(23)35;/h3-4,6-13,22H,2,5,14-21H2,1H3;1H. The lowest BCUT2D eigenvalue weighted by Gasteiger charge is -2.27. The molecule has 0 N–H and O–H groups in total. The summed E-state index contributed by atoms with van der Waals surface area (Å²) in [5, 5.41) is 0.607. The number of morpholine rings is 1. The van der Waals surface area contributed by atoms with Gasteiger partial charge in [-0.3, -0.25) is 18.9 Å². The highest BCUT2D eigenvalue weighted by Crippen LogP contribution is 2.34. The zero-order chi connectivity index (χ0) is 29.1. The highest BCUT2D eigenvalue weighted by Gasteiger charge is 2.31. The summed E-state index contributed by atoms with van der Waals surface area (Å²) in [7, 11) is -3.75. The molecule has 0 bridgehead atoms. The molecule has 0 saturated carbocycles. The monoisotopic (exact) mass is 642 g/mol. The number of sulfonamides is 1. The predicted molar refractivity (Wildman–Crippen MR) is 173 cm³/mol. The molecule has 0 aliphatic carbocycles. The third kappa shape index (κ3) is 6.66. The molecule has 1 amide bonds. The van der Waals surface area contributed by atoms with Gasteiger partial charge in [0.1, 0.15) is 5.75 Å². The second-order valence-electron chi connectivity index (χ2n) is 10.3. The van der Waals surface area contributed by atoms with Crippen LogP contribution in [0.3, 0.4) is 0 Å².